The van der Waals surface area contributed by atoms with Gasteiger partial charge in [-0.3, -0.25) is 0 Å². The third kappa shape index (κ3) is 1.28. The van der Waals surface area contributed by atoms with E-state index in [-0.39, 0.29) is 19.4 Å². The molecule has 0 unspecified atom stereocenters. The molecule has 0 aromatic carbocycles. The van der Waals surface area contributed by atoms with Crippen molar-refractivity contribution < 1.29 is 0 Å². The molecule has 0 radical (unpaired) electrons. The molecular formula is C5H7N5S2. The zero-order chi connectivity index (χ0) is 7.84. The molecule has 0 aliphatic rings. The second kappa shape index (κ2) is 3.11. The normalized spacial score (nSPS) is 9.67. The number of rotatable bonds is 0. The monoisotopic (exact) mass is 201 g/mol. The SMILES string of the molecule is Nc1nc(=S)c2[nH]cnc2[nH]1.S. The Bertz CT molecular complexity index is 444. The molecule has 2 rings (SSSR count). The highest BCUT2D eigenvalue weighted by molar-refractivity contribution is 7.71. The quantitative estimate of drug-likeness (QED) is 0.548. The largest absolute Gasteiger partial charge is 0.369 e. The highest BCUT2D eigenvalue weighted by Gasteiger charge is 1.98. The Morgan fingerprint density at radius 1 is 1.50 bits per heavy atom. The first-order valence-corrected chi connectivity index (χ1v) is 3.37. The Morgan fingerprint density at radius 2 is 2.25 bits per heavy atom. The minimum absolute atomic E-state index is 0. The highest BCUT2D eigenvalue weighted by atomic mass is 32.1. The number of nitrogens with one attached hydrogen (secondary N) is 2. The van der Waals surface area contributed by atoms with E-state index in [1.165, 1.54) is 6.33 Å². The summed E-state index contributed by atoms with van der Waals surface area (Å²) in [5.41, 5.74) is 6.75. The van der Waals surface area contributed by atoms with Gasteiger partial charge in [-0.25, -0.2) is 9.97 Å². The summed E-state index contributed by atoms with van der Waals surface area (Å²) in [6.07, 6.45) is 1.54. The summed E-state index contributed by atoms with van der Waals surface area (Å²) in [6.45, 7) is 0. The van der Waals surface area contributed by atoms with Crippen LogP contribution in [0.15, 0.2) is 6.33 Å². The van der Waals surface area contributed by atoms with Gasteiger partial charge in [0, 0.05) is 0 Å². The van der Waals surface area contributed by atoms with Gasteiger partial charge >= 0.3 is 0 Å². The molecule has 2 aromatic heterocycles. The van der Waals surface area contributed by atoms with E-state index in [1.807, 2.05) is 0 Å². The maximum atomic E-state index is 5.40. The molecule has 0 bridgehead atoms. The number of H-pyrrole nitrogens is 2. The van der Waals surface area contributed by atoms with Crippen LogP contribution in [0.25, 0.3) is 11.2 Å². The number of imidazole rings is 1. The fourth-order valence-corrected chi connectivity index (χ4v) is 1.12. The van der Waals surface area contributed by atoms with Gasteiger partial charge in [0.2, 0.25) is 5.95 Å². The molecular weight excluding hydrogens is 194 g/mol. The van der Waals surface area contributed by atoms with Crippen LogP contribution in [0.1, 0.15) is 0 Å². The van der Waals surface area contributed by atoms with Crippen LogP contribution < -0.4 is 5.73 Å². The van der Waals surface area contributed by atoms with E-state index in [9.17, 15) is 0 Å². The average Bonchev–Trinajstić information content (AvgIpc) is 2.34. The van der Waals surface area contributed by atoms with E-state index in [1.54, 1.807) is 0 Å². The molecule has 2 heterocycles. The van der Waals surface area contributed by atoms with Gasteiger partial charge in [-0.2, -0.15) is 13.5 Å². The minimum Gasteiger partial charge on any atom is -0.369 e. The maximum Gasteiger partial charge on any atom is 0.200 e. The van der Waals surface area contributed by atoms with Crippen molar-refractivity contribution in [2.45, 2.75) is 0 Å². The van der Waals surface area contributed by atoms with Crippen LogP contribution in [0.4, 0.5) is 5.95 Å². The smallest absolute Gasteiger partial charge is 0.200 e. The topological polar surface area (TPSA) is 83.4 Å². The fraction of sp³-hybridized carbons (Fsp3) is 0. The lowest BCUT2D eigenvalue weighted by molar-refractivity contribution is 1.20. The summed E-state index contributed by atoms with van der Waals surface area (Å²) in [7, 11) is 0. The zero-order valence-electron chi connectivity index (χ0n) is 5.96. The Kier molecular flexibility index (Phi) is 2.34. The predicted octanol–water partition coefficient (Wildman–Crippen LogP) is 0.710. The highest BCUT2D eigenvalue weighted by Crippen LogP contribution is 2.06. The van der Waals surface area contributed by atoms with Crippen LogP contribution >= 0.6 is 25.7 Å². The number of nitrogens with zero attached hydrogens (tertiary/aromatic N) is 2. The summed E-state index contributed by atoms with van der Waals surface area (Å²) >= 11 is 4.91. The summed E-state index contributed by atoms with van der Waals surface area (Å²) in [4.78, 5) is 13.4. The van der Waals surface area contributed by atoms with Crippen LogP contribution in [-0.2, 0) is 0 Å². The van der Waals surface area contributed by atoms with Crippen LogP contribution in [0.5, 0.6) is 0 Å². The van der Waals surface area contributed by atoms with Crippen molar-refractivity contribution in [1.82, 2.24) is 19.9 Å². The number of hydrogen-bond donors (Lipinski definition) is 3. The van der Waals surface area contributed by atoms with Crippen molar-refractivity contribution >= 4 is 42.8 Å². The predicted molar refractivity (Wildman–Crippen MR) is 53.9 cm³/mol. The molecule has 4 N–H and O–H groups in total. The second-order valence-corrected chi connectivity index (χ2v) is 2.44. The number of aromatic nitrogens is 4. The van der Waals surface area contributed by atoms with Crippen molar-refractivity contribution in [1.29, 1.82) is 0 Å². The van der Waals surface area contributed by atoms with Gasteiger partial charge < -0.3 is 15.7 Å². The first-order valence-electron chi connectivity index (χ1n) is 2.96. The Balaban J connectivity index is 0.000000720. The Hall–Kier alpha value is -1.08. The van der Waals surface area contributed by atoms with Crippen LogP contribution in [-0.4, -0.2) is 19.9 Å². The number of aromatic amines is 2. The minimum atomic E-state index is 0. The molecule has 5 nitrogen and oxygen atoms in total. The number of nitrogen functional groups attached to an aromatic ring is 1. The number of nitrogens with two attached hydrogens (primary N) is 1. The van der Waals surface area contributed by atoms with E-state index in [0.717, 1.165) is 0 Å². The second-order valence-electron chi connectivity index (χ2n) is 2.05. The first kappa shape index (κ1) is 9.01. The van der Waals surface area contributed by atoms with Gasteiger partial charge in [0.05, 0.1) is 6.33 Å². The molecule has 2 aromatic rings. The lowest BCUT2D eigenvalue weighted by Gasteiger charge is -1.91. The first-order chi connectivity index (χ1) is 5.27. The van der Waals surface area contributed by atoms with Gasteiger partial charge in [-0.1, -0.05) is 12.2 Å². The molecule has 0 amide bonds. The van der Waals surface area contributed by atoms with Gasteiger partial charge in [-0.15, -0.1) is 0 Å². The number of anilines is 1. The van der Waals surface area contributed by atoms with Crippen molar-refractivity contribution in [3.05, 3.63) is 11.0 Å². The summed E-state index contributed by atoms with van der Waals surface area (Å²) < 4.78 is 0.439. The zero-order valence-corrected chi connectivity index (χ0v) is 7.77. The van der Waals surface area contributed by atoms with Crippen LogP contribution in [0.2, 0.25) is 0 Å². The summed E-state index contributed by atoms with van der Waals surface area (Å²) in [6, 6.07) is 0. The van der Waals surface area contributed by atoms with Crippen molar-refractivity contribution in [2.75, 3.05) is 5.73 Å². The van der Waals surface area contributed by atoms with E-state index in [2.05, 4.69) is 19.9 Å². The summed E-state index contributed by atoms with van der Waals surface area (Å²) in [5, 5.41) is 0. The lowest BCUT2D eigenvalue weighted by Crippen LogP contribution is -1.94. The van der Waals surface area contributed by atoms with E-state index in [0.29, 0.717) is 15.8 Å². The Labute approximate surface area is 79.9 Å². The molecule has 0 atom stereocenters. The third-order valence-electron chi connectivity index (χ3n) is 1.32. The molecule has 12 heavy (non-hydrogen) atoms. The van der Waals surface area contributed by atoms with Gasteiger partial charge in [-0.05, 0) is 0 Å². The van der Waals surface area contributed by atoms with E-state index >= 15 is 0 Å². The fourth-order valence-electron chi connectivity index (χ4n) is 0.867. The maximum absolute atomic E-state index is 5.40. The molecule has 7 heteroatoms. The van der Waals surface area contributed by atoms with Gasteiger partial charge in [0.25, 0.3) is 0 Å². The third-order valence-corrected chi connectivity index (χ3v) is 1.62. The molecule has 0 aliphatic heterocycles. The molecule has 0 spiro atoms. The average molecular weight is 201 g/mol. The molecule has 64 valence electrons. The lowest BCUT2D eigenvalue weighted by atomic mass is 10.6. The molecule has 0 aliphatic carbocycles. The van der Waals surface area contributed by atoms with Gasteiger partial charge in [0.15, 0.2) is 10.3 Å². The van der Waals surface area contributed by atoms with Crippen molar-refractivity contribution in [3.63, 3.8) is 0 Å². The molecule has 0 fully saturated rings. The van der Waals surface area contributed by atoms with E-state index in [4.69, 9.17) is 18.0 Å². The number of fused-ring (bicyclic) bond motifs is 1. The van der Waals surface area contributed by atoms with E-state index < -0.39 is 0 Å². The standard InChI is InChI=1S/C5H5N5S.H2S/c6-5-9-3-2(4(11)10-5)7-1-8-3;/h1H,(H4,6,7,8,9,10,11);1H2. The van der Waals surface area contributed by atoms with Crippen molar-refractivity contribution in [3.8, 4) is 0 Å². The number of hydrogen-bond acceptors (Lipinski definition) is 4. The molecule has 0 saturated heterocycles. The van der Waals surface area contributed by atoms with Crippen LogP contribution in [0.3, 0.4) is 0 Å². The summed E-state index contributed by atoms with van der Waals surface area (Å²) in [5.74, 6) is 0.287. The van der Waals surface area contributed by atoms with Gasteiger partial charge in [0.1, 0.15) is 5.52 Å². The van der Waals surface area contributed by atoms with Crippen LogP contribution in [0, 0.1) is 4.64 Å². The Morgan fingerprint density at radius 3 is 3.00 bits per heavy atom. The van der Waals surface area contributed by atoms with Crippen molar-refractivity contribution in [2.24, 2.45) is 0 Å². The molecule has 0 saturated carbocycles.